The zero-order valence-corrected chi connectivity index (χ0v) is 15.0. The Labute approximate surface area is 156 Å². The predicted octanol–water partition coefficient (Wildman–Crippen LogP) is 5.50. The van der Waals surface area contributed by atoms with Gasteiger partial charge in [-0.3, -0.25) is 4.79 Å². The summed E-state index contributed by atoms with van der Waals surface area (Å²) in [6.45, 7) is 2.50. The lowest BCUT2D eigenvalue weighted by Gasteiger charge is -2.12. The molecular formula is C19H16Cl2N2O2. The topological polar surface area (TPSA) is 44.1 Å². The van der Waals surface area contributed by atoms with Crippen molar-refractivity contribution in [3.63, 3.8) is 0 Å². The van der Waals surface area contributed by atoms with Crippen molar-refractivity contribution in [1.82, 2.24) is 9.55 Å². The molecule has 128 valence electrons. The highest BCUT2D eigenvalue weighted by Crippen LogP contribution is 2.31. The minimum Gasteiger partial charge on any atom is -0.456 e. The lowest BCUT2D eigenvalue weighted by atomic mass is 9.99. The van der Waals surface area contributed by atoms with Crippen LogP contribution in [0.2, 0.25) is 10.0 Å². The summed E-state index contributed by atoms with van der Waals surface area (Å²) in [5, 5.41) is 0.979. The molecule has 0 spiro atoms. The van der Waals surface area contributed by atoms with E-state index in [1.54, 1.807) is 55.0 Å². The highest BCUT2D eigenvalue weighted by atomic mass is 35.5. The fourth-order valence-electron chi connectivity index (χ4n) is 2.45. The normalized spacial score (nSPS) is 12.0. The Morgan fingerprint density at radius 2 is 1.96 bits per heavy atom. The van der Waals surface area contributed by atoms with Crippen LogP contribution < -0.4 is 4.74 Å². The molecule has 1 unspecified atom stereocenters. The number of Topliss-reactive ketones (excluding diaryl/α,β-unsaturated/α-hetero) is 1. The third-order valence-corrected chi connectivity index (χ3v) is 4.28. The van der Waals surface area contributed by atoms with Crippen molar-refractivity contribution in [2.45, 2.75) is 13.5 Å². The van der Waals surface area contributed by atoms with Crippen molar-refractivity contribution in [2.24, 2.45) is 5.92 Å². The van der Waals surface area contributed by atoms with Gasteiger partial charge in [-0.2, -0.15) is 0 Å². The molecule has 3 aromatic rings. The number of ether oxygens (including phenoxy) is 1. The molecule has 0 fully saturated rings. The van der Waals surface area contributed by atoms with E-state index < -0.39 is 0 Å². The summed E-state index contributed by atoms with van der Waals surface area (Å²) in [4.78, 5) is 16.5. The predicted molar refractivity (Wildman–Crippen MR) is 98.7 cm³/mol. The van der Waals surface area contributed by atoms with Crippen LogP contribution in [0.25, 0.3) is 0 Å². The first-order valence-electron chi connectivity index (χ1n) is 7.76. The SMILES string of the molecule is CC(Cn1ccnc1)C(=O)c1ccc(Oc2ccc(Cl)cc2Cl)cc1. The Bertz CT molecular complexity index is 862. The second-order valence-electron chi connectivity index (χ2n) is 5.73. The Hall–Kier alpha value is -2.30. The Balaban J connectivity index is 1.68. The van der Waals surface area contributed by atoms with Crippen molar-refractivity contribution >= 4 is 29.0 Å². The van der Waals surface area contributed by atoms with Crippen LogP contribution in [0, 0.1) is 5.92 Å². The van der Waals surface area contributed by atoms with Crippen LogP contribution in [0.1, 0.15) is 17.3 Å². The van der Waals surface area contributed by atoms with Gasteiger partial charge in [0.1, 0.15) is 11.5 Å². The van der Waals surface area contributed by atoms with Gasteiger partial charge in [0.2, 0.25) is 0 Å². The van der Waals surface area contributed by atoms with Crippen molar-refractivity contribution in [1.29, 1.82) is 0 Å². The van der Waals surface area contributed by atoms with E-state index in [0.29, 0.717) is 33.7 Å². The number of halogens is 2. The van der Waals surface area contributed by atoms with E-state index in [4.69, 9.17) is 27.9 Å². The first-order valence-corrected chi connectivity index (χ1v) is 8.51. The highest BCUT2D eigenvalue weighted by molar-refractivity contribution is 6.35. The van der Waals surface area contributed by atoms with Crippen LogP contribution >= 0.6 is 23.2 Å². The van der Waals surface area contributed by atoms with Crippen LogP contribution in [0.5, 0.6) is 11.5 Å². The van der Waals surface area contributed by atoms with Crippen molar-refractivity contribution < 1.29 is 9.53 Å². The van der Waals surface area contributed by atoms with Gasteiger partial charge < -0.3 is 9.30 Å². The molecule has 6 heteroatoms. The number of hydrogen-bond acceptors (Lipinski definition) is 3. The Morgan fingerprint density at radius 1 is 1.20 bits per heavy atom. The van der Waals surface area contributed by atoms with Gasteiger partial charge >= 0.3 is 0 Å². The van der Waals surface area contributed by atoms with Crippen molar-refractivity contribution in [3.05, 3.63) is 76.8 Å². The fraction of sp³-hybridized carbons (Fsp3) is 0.158. The maximum atomic E-state index is 12.5. The average Bonchev–Trinajstić information content (AvgIpc) is 3.10. The van der Waals surface area contributed by atoms with Gasteiger partial charge in [-0.05, 0) is 42.5 Å². The van der Waals surface area contributed by atoms with Gasteiger partial charge in [0.05, 0.1) is 11.3 Å². The molecule has 25 heavy (non-hydrogen) atoms. The summed E-state index contributed by atoms with van der Waals surface area (Å²) in [5.74, 6) is 1.04. The number of imidazole rings is 1. The first kappa shape index (κ1) is 17.5. The van der Waals surface area contributed by atoms with Gasteiger partial charge in [-0.25, -0.2) is 4.98 Å². The van der Waals surface area contributed by atoms with Gasteiger partial charge in [0, 0.05) is 35.4 Å². The second-order valence-corrected chi connectivity index (χ2v) is 6.57. The second kappa shape index (κ2) is 7.72. The molecule has 0 bridgehead atoms. The number of aromatic nitrogens is 2. The maximum absolute atomic E-state index is 12.5. The molecule has 0 amide bonds. The molecule has 0 aliphatic rings. The van der Waals surface area contributed by atoms with E-state index in [9.17, 15) is 4.79 Å². The summed E-state index contributed by atoms with van der Waals surface area (Å²) in [7, 11) is 0. The number of hydrogen-bond donors (Lipinski definition) is 0. The summed E-state index contributed by atoms with van der Waals surface area (Å²) in [6, 6.07) is 12.0. The quantitative estimate of drug-likeness (QED) is 0.535. The first-order chi connectivity index (χ1) is 12.0. The van der Waals surface area contributed by atoms with Gasteiger partial charge in [-0.1, -0.05) is 30.1 Å². The van der Waals surface area contributed by atoms with Gasteiger partial charge in [0.15, 0.2) is 5.78 Å². The standard InChI is InChI=1S/C19H16Cl2N2O2/c1-13(11-23-9-8-22-12-23)19(24)14-2-5-16(6-3-14)25-18-7-4-15(20)10-17(18)21/h2-10,12-13H,11H2,1H3. The summed E-state index contributed by atoms with van der Waals surface area (Å²) >= 11 is 12.0. The minimum atomic E-state index is -0.147. The lowest BCUT2D eigenvalue weighted by molar-refractivity contribution is 0.0918. The molecule has 0 saturated heterocycles. The number of carbonyl (C=O) groups excluding carboxylic acids is 1. The molecule has 1 aromatic heterocycles. The molecule has 0 saturated carbocycles. The largest absolute Gasteiger partial charge is 0.456 e. The van der Waals surface area contributed by atoms with Crippen molar-refractivity contribution in [2.75, 3.05) is 0 Å². The molecule has 1 atom stereocenters. The fourth-order valence-corrected chi connectivity index (χ4v) is 2.90. The lowest BCUT2D eigenvalue weighted by Crippen LogP contribution is -2.17. The summed E-state index contributed by atoms with van der Waals surface area (Å²) in [6.07, 6.45) is 5.25. The smallest absolute Gasteiger partial charge is 0.167 e. The van der Waals surface area contributed by atoms with Crippen LogP contribution in [-0.4, -0.2) is 15.3 Å². The zero-order valence-electron chi connectivity index (χ0n) is 13.5. The molecule has 0 aliphatic heterocycles. The highest BCUT2D eigenvalue weighted by Gasteiger charge is 2.16. The molecule has 0 aliphatic carbocycles. The summed E-state index contributed by atoms with van der Waals surface area (Å²) < 4.78 is 7.62. The Kier molecular flexibility index (Phi) is 5.41. The van der Waals surface area contributed by atoms with E-state index in [0.717, 1.165) is 0 Å². The zero-order chi connectivity index (χ0) is 17.8. The number of carbonyl (C=O) groups is 1. The minimum absolute atomic E-state index is 0.0739. The van der Waals surface area contributed by atoms with E-state index in [2.05, 4.69) is 4.98 Å². The van der Waals surface area contributed by atoms with E-state index in [1.807, 2.05) is 17.7 Å². The molecule has 4 nitrogen and oxygen atoms in total. The third kappa shape index (κ3) is 4.41. The van der Waals surface area contributed by atoms with E-state index >= 15 is 0 Å². The van der Waals surface area contributed by atoms with E-state index in [1.165, 1.54) is 0 Å². The van der Waals surface area contributed by atoms with E-state index in [-0.39, 0.29) is 11.7 Å². The van der Waals surface area contributed by atoms with Crippen LogP contribution in [0.4, 0.5) is 0 Å². The average molecular weight is 375 g/mol. The molecule has 3 rings (SSSR count). The number of rotatable bonds is 6. The third-order valence-electron chi connectivity index (χ3n) is 3.75. The van der Waals surface area contributed by atoms with Crippen LogP contribution in [-0.2, 0) is 6.54 Å². The number of nitrogens with zero attached hydrogens (tertiary/aromatic N) is 2. The van der Waals surface area contributed by atoms with Crippen LogP contribution in [0.15, 0.2) is 61.2 Å². The number of benzene rings is 2. The Morgan fingerprint density at radius 3 is 2.60 bits per heavy atom. The number of ketones is 1. The molecule has 0 radical (unpaired) electrons. The van der Waals surface area contributed by atoms with Gasteiger partial charge in [0.25, 0.3) is 0 Å². The van der Waals surface area contributed by atoms with Crippen LogP contribution in [0.3, 0.4) is 0 Å². The molecular weight excluding hydrogens is 359 g/mol. The monoisotopic (exact) mass is 374 g/mol. The molecule has 2 aromatic carbocycles. The van der Waals surface area contributed by atoms with Gasteiger partial charge in [-0.15, -0.1) is 0 Å². The molecule has 0 N–H and O–H groups in total. The van der Waals surface area contributed by atoms with Crippen molar-refractivity contribution in [3.8, 4) is 11.5 Å². The maximum Gasteiger partial charge on any atom is 0.167 e. The summed E-state index contributed by atoms with van der Waals surface area (Å²) in [5.41, 5.74) is 0.641. The molecule has 1 heterocycles.